The summed E-state index contributed by atoms with van der Waals surface area (Å²) in [6.45, 7) is 4.99. The fraction of sp³-hybridized carbons (Fsp3) is 0.529. The van der Waals surface area contributed by atoms with Gasteiger partial charge in [0.2, 0.25) is 11.8 Å². The monoisotopic (exact) mass is 337 g/mol. The lowest BCUT2D eigenvalue weighted by Crippen LogP contribution is -2.40. The van der Waals surface area contributed by atoms with E-state index in [0.717, 1.165) is 43.7 Å². The summed E-state index contributed by atoms with van der Waals surface area (Å²) >= 11 is 0. The Balaban J connectivity index is 0.00000192. The first-order valence-corrected chi connectivity index (χ1v) is 7.97. The van der Waals surface area contributed by atoms with Crippen molar-refractivity contribution < 1.29 is 9.59 Å². The minimum absolute atomic E-state index is 0. The zero-order valence-electron chi connectivity index (χ0n) is 13.4. The number of anilines is 1. The second-order valence-electron chi connectivity index (χ2n) is 6.49. The number of carbonyl (C=O) groups is 2. The predicted octanol–water partition coefficient (Wildman–Crippen LogP) is 1.85. The highest BCUT2D eigenvalue weighted by Gasteiger charge is 2.35. The van der Waals surface area contributed by atoms with Crippen LogP contribution < -0.4 is 15.5 Å². The van der Waals surface area contributed by atoms with Crippen molar-refractivity contribution in [2.75, 3.05) is 24.5 Å². The first-order chi connectivity index (χ1) is 10.6. The highest BCUT2D eigenvalue weighted by molar-refractivity contribution is 5.95. The first kappa shape index (κ1) is 17.8. The van der Waals surface area contributed by atoms with E-state index in [4.69, 9.17) is 0 Å². The lowest BCUT2D eigenvalue weighted by molar-refractivity contribution is -0.129. The molecule has 1 aromatic rings. The van der Waals surface area contributed by atoms with Gasteiger partial charge in [0.15, 0.2) is 0 Å². The molecule has 0 aromatic heterocycles. The van der Waals surface area contributed by atoms with Gasteiger partial charge in [-0.2, -0.15) is 0 Å². The molecular formula is C17H24ClN3O2. The van der Waals surface area contributed by atoms with Gasteiger partial charge in [-0.1, -0.05) is 12.1 Å². The van der Waals surface area contributed by atoms with Gasteiger partial charge in [0.05, 0.1) is 5.41 Å². The SMILES string of the molecule is CC1(C(=O)NCc2ccc(N3CCCC3=O)cc2)CCNC1.Cl. The number of rotatable bonds is 4. The molecule has 23 heavy (non-hydrogen) atoms. The van der Waals surface area contributed by atoms with Gasteiger partial charge < -0.3 is 15.5 Å². The summed E-state index contributed by atoms with van der Waals surface area (Å²) < 4.78 is 0. The molecule has 0 saturated carbocycles. The Bertz CT molecular complexity index is 568. The third-order valence-corrected chi connectivity index (χ3v) is 4.69. The Kier molecular flexibility index (Phi) is 5.65. The van der Waals surface area contributed by atoms with Crippen LogP contribution in [0.3, 0.4) is 0 Å². The molecule has 2 fully saturated rings. The van der Waals surface area contributed by atoms with Crippen LogP contribution in [-0.2, 0) is 16.1 Å². The van der Waals surface area contributed by atoms with E-state index in [2.05, 4.69) is 10.6 Å². The zero-order valence-corrected chi connectivity index (χ0v) is 14.2. The van der Waals surface area contributed by atoms with E-state index in [1.54, 1.807) is 0 Å². The van der Waals surface area contributed by atoms with Crippen molar-refractivity contribution in [3.05, 3.63) is 29.8 Å². The highest BCUT2D eigenvalue weighted by atomic mass is 35.5. The van der Waals surface area contributed by atoms with E-state index < -0.39 is 0 Å². The molecule has 2 amide bonds. The van der Waals surface area contributed by atoms with Crippen LogP contribution in [0.1, 0.15) is 31.7 Å². The van der Waals surface area contributed by atoms with E-state index >= 15 is 0 Å². The van der Waals surface area contributed by atoms with Crippen molar-refractivity contribution in [3.63, 3.8) is 0 Å². The Hall–Kier alpha value is -1.59. The molecule has 0 spiro atoms. The molecule has 0 radical (unpaired) electrons. The van der Waals surface area contributed by atoms with Gasteiger partial charge >= 0.3 is 0 Å². The minimum atomic E-state index is -0.290. The fourth-order valence-corrected chi connectivity index (χ4v) is 3.12. The molecular weight excluding hydrogens is 314 g/mol. The molecule has 3 rings (SSSR count). The third-order valence-electron chi connectivity index (χ3n) is 4.69. The van der Waals surface area contributed by atoms with Gasteiger partial charge in [-0.15, -0.1) is 12.4 Å². The molecule has 2 saturated heterocycles. The summed E-state index contributed by atoms with van der Waals surface area (Å²) in [5.74, 6) is 0.305. The number of halogens is 1. The van der Waals surface area contributed by atoms with E-state index in [0.29, 0.717) is 13.0 Å². The van der Waals surface area contributed by atoms with E-state index in [9.17, 15) is 9.59 Å². The number of amides is 2. The Labute approximate surface area is 143 Å². The first-order valence-electron chi connectivity index (χ1n) is 7.97. The minimum Gasteiger partial charge on any atom is -0.352 e. The summed E-state index contributed by atoms with van der Waals surface area (Å²) in [7, 11) is 0. The van der Waals surface area contributed by atoms with E-state index in [-0.39, 0.29) is 29.6 Å². The maximum absolute atomic E-state index is 12.3. The van der Waals surface area contributed by atoms with Crippen molar-refractivity contribution in [2.45, 2.75) is 32.7 Å². The molecule has 2 N–H and O–H groups in total. The van der Waals surface area contributed by atoms with Crippen LogP contribution >= 0.6 is 12.4 Å². The topological polar surface area (TPSA) is 61.4 Å². The molecule has 0 aliphatic carbocycles. The van der Waals surface area contributed by atoms with E-state index in [1.807, 2.05) is 36.1 Å². The van der Waals surface area contributed by atoms with Crippen molar-refractivity contribution >= 4 is 29.9 Å². The van der Waals surface area contributed by atoms with Gasteiger partial charge in [0.1, 0.15) is 0 Å². The fourth-order valence-electron chi connectivity index (χ4n) is 3.12. The highest BCUT2D eigenvalue weighted by Crippen LogP contribution is 2.25. The summed E-state index contributed by atoms with van der Waals surface area (Å²) in [5, 5.41) is 6.26. The van der Waals surface area contributed by atoms with Crippen LogP contribution in [0.2, 0.25) is 0 Å². The maximum Gasteiger partial charge on any atom is 0.227 e. The van der Waals surface area contributed by atoms with Crippen LogP contribution in [0.15, 0.2) is 24.3 Å². The number of benzene rings is 1. The predicted molar refractivity (Wildman–Crippen MR) is 92.7 cm³/mol. The van der Waals surface area contributed by atoms with Crippen LogP contribution in [0, 0.1) is 5.41 Å². The number of nitrogens with zero attached hydrogens (tertiary/aromatic N) is 1. The molecule has 6 heteroatoms. The number of carbonyl (C=O) groups excluding carboxylic acids is 2. The maximum atomic E-state index is 12.3. The Morgan fingerprint density at radius 2 is 2.09 bits per heavy atom. The zero-order chi connectivity index (χ0) is 15.6. The molecule has 1 atom stereocenters. The molecule has 5 nitrogen and oxygen atoms in total. The molecule has 2 aliphatic rings. The smallest absolute Gasteiger partial charge is 0.227 e. The summed E-state index contributed by atoms with van der Waals surface area (Å²) in [6.07, 6.45) is 2.46. The van der Waals surface area contributed by atoms with Crippen LogP contribution in [-0.4, -0.2) is 31.4 Å². The Morgan fingerprint density at radius 3 is 2.65 bits per heavy atom. The quantitative estimate of drug-likeness (QED) is 0.881. The number of nitrogens with one attached hydrogen (secondary N) is 2. The normalized spacial score (nSPS) is 23.7. The third kappa shape index (κ3) is 3.85. The average Bonchev–Trinajstić information content (AvgIpc) is 3.15. The van der Waals surface area contributed by atoms with E-state index in [1.165, 1.54) is 0 Å². The number of hydrogen-bond donors (Lipinski definition) is 2. The van der Waals surface area contributed by atoms with Crippen LogP contribution in [0.5, 0.6) is 0 Å². The second kappa shape index (κ2) is 7.32. The van der Waals surface area contributed by atoms with Crippen LogP contribution in [0.25, 0.3) is 0 Å². The second-order valence-corrected chi connectivity index (χ2v) is 6.49. The molecule has 2 aliphatic heterocycles. The van der Waals surface area contributed by atoms with Gasteiger partial charge in [0, 0.05) is 31.7 Å². The van der Waals surface area contributed by atoms with Crippen molar-refractivity contribution in [3.8, 4) is 0 Å². The molecule has 2 heterocycles. The standard InChI is InChI=1S/C17H23N3O2.ClH/c1-17(8-9-18-12-17)16(22)19-11-13-4-6-14(7-5-13)20-10-2-3-15(20)21;/h4-7,18H,2-3,8-12H2,1H3,(H,19,22);1H. The Morgan fingerprint density at radius 1 is 1.35 bits per heavy atom. The molecule has 1 unspecified atom stereocenters. The summed E-state index contributed by atoms with van der Waals surface area (Å²) in [4.78, 5) is 25.8. The van der Waals surface area contributed by atoms with Gasteiger partial charge in [-0.3, -0.25) is 9.59 Å². The van der Waals surface area contributed by atoms with Crippen molar-refractivity contribution in [1.82, 2.24) is 10.6 Å². The summed E-state index contributed by atoms with van der Waals surface area (Å²) in [6, 6.07) is 7.89. The number of hydrogen-bond acceptors (Lipinski definition) is 3. The van der Waals surface area contributed by atoms with Crippen LogP contribution in [0.4, 0.5) is 5.69 Å². The van der Waals surface area contributed by atoms with Crippen molar-refractivity contribution in [2.24, 2.45) is 5.41 Å². The molecule has 1 aromatic carbocycles. The van der Waals surface area contributed by atoms with Gasteiger partial charge in [-0.25, -0.2) is 0 Å². The summed E-state index contributed by atoms with van der Waals surface area (Å²) in [5.41, 5.74) is 1.71. The molecule has 126 valence electrons. The molecule has 0 bridgehead atoms. The average molecular weight is 338 g/mol. The van der Waals surface area contributed by atoms with Gasteiger partial charge in [0.25, 0.3) is 0 Å². The lowest BCUT2D eigenvalue weighted by atomic mass is 9.89. The lowest BCUT2D eigenvalue weighted by Gasteiger charge is -2.21. The van der Waals surface area contributed by atoms with Gasteiger partial charge in [-0.05, 0) is 44.0 Å². The largest absolute Gasteiger partial charge is 0.352 e. The van der Waals surface area contributed by atoms with Crippen molar-refractivity contribution in [1.29, 1.82) is 0 Å².